The fourth-order valence-corrected chi connectivity index (χ4v) is 2.78. The van der Waals surface area contributed by atoms with Crippen LogP contribution in [0.1, 0.15) is 38.2 Å². The Kier molecular flexibility index (Phi) is 5.08. The molecular formula is C18H24N4O. The van der Waals surface area contributed by atoms with Crippen LogP contribution in [0.5, 0.6) is 0 Å². The van der Waals surface area contributed by atoms with Gasteiger partial charge >= 0.3 is 0 Å². The summed E-state index contributed by atoms with van der Waals surface area (Å²) in [4.78, 5) is 8.86. The van der Waals surface area contributed by atoms with Gasteiger partial charge in [-0.25, -0.2) is 4.98 Å². The lowest BCUT2D eigenvalue weighted by molar-refractivity contribution is 0.120. The van der Waals surface area contributed by atoms with Gasteiger partial charge in [-0.1, -0.05) is 32.0 Å². The number of nitrogens with zero attached hydrogens (tertiary/aromatic N) is 2. The molecule has 0 radical (unpaired) electrons. The Morgan fingerprint density at radius 1 is 1.26 bits per heavy atom. The van der Waals surface area contributed by atoms with Crippen molar-refractivity contribution in [3.63, 3.8) is 0 Å². The minimum atomic E-state index is 0.294. The summed E-state index contributed by atoms with van der Waals surface area (Å²) in [5.41, 5.74) is 2.31. The maximum atomic E-state index is 5.62. The van der Waals surface area contributed by atoms with E-state index in [0.717, 1.165) is 37.5 Å². The molecule has 1 unspecified atom stereocenters. The Balaban J connectivity index is 1.67. The van der Waals surface area contributed by atoms with Gasteiger partial charge < -0.3 is 15.4 Å². The molecule has 1 atom stereocenters. The number of hydrogen-bond donors (Lipinski definition) is 2. The molecule has 23 heavy (non-hydrogen) atoms. The van der Waals surface area contributed by atoms with Crippen LogP contribution in [0.4, 0.5) is 17.5 Å². The number of benzene rings is 1. The Morgan fingerprint density at radius 2 is 2.13 bits per heavy atom. The molecule has 5 heteroatoms. The first-order valence-electron chi connectivity index (χ1n) is 8.27. The average molecular weight is 312 g/mol. The summed E-state index contributed by atoms with van der Waals surface area (Å²) in [6.45, 7) is 6.02. The summed E-state index contributed by atoms with van der Waals surface area (Å²) in [6, 6.07) is 10.2. The van der Waals surface area contributed by atoms with Gasteiger partial charge in [0.15, 0.2) is 0 Å². The first-order chi connectivity index (χ1) is 11.2. The molecule has 2 aromatic rings. The molecule has 0 amide bonds. The van der Waals surface area contributed by atoms with E-state index in [1.165, 1.54) is 5.56 Å². The normalized spacial score (nSPS) is 17.4. The lowest BCUT2D eigenvalue weighted by Gasteiger charge is -2.15. The second-order valence-corrected chi connectivity index (χ2v) is 6.15. The van der Waals surface area contributed by atoms with E-state index in [0.29, 0.717) is 18.0 Å². The van der Waals surface area contributed by atoms with Crippen LogP contribution >= 0.6 is 0 Å². The number of anilines is 3. The van der Waals surface area contributed by atoms with Gasteiger partial charge in [0.05, 0.1) is 6.10 Å². The van der Waals surface area contributed by atoms with Crippen molar-refractivity contribution >= 4 is 17.5 Å². The summed E-state index contributed by atoms with van der Waals surface area (Å²) in [7, 11) is 0. The van der Waals surface area contributed by atoms with Crippen LogP contribution in [0.2, 0.25) is 0 Å². The third-order valence-corrected chi connectivity index (χ3v) is 4.02. The van der Waals surface area contributed by atoms with E-state index in [2.05, 4.69) is 52.6 Å². The highest BCUT2D eigenvalue weighted by Crippen LogP contribution is 2.25. The number of para-hydroxylation sites is 1. The Morgan fingerprint density at radius 3 is 2.91 bits per heavy atom. The van der Waals surface area contributed by atoms with Crippen LogP contribution < -0.4 is 10.6 Å². The van der Waals surface area contributed by atoms with Crippen LogP contribution in [-0.4, -0.2) is 29.2 Å². The van der Waals surface area contributed by atoms with Gasteiger partial charge in [-0.15, -0.1) is 0 Å². The molecule has 3 rings (SSSR count). The summed E-state index contributed by atoms with van der Waals surface area (Å²) in [5.74, 6) is 1.87. The van der Waals surface area contributed by atoms with E-state index in [-0.39, 0.29) is 0 Å². The van der Waals surface area contributed by atoms with Crippen molar-refractivity contribution in [2.24, 2.45) is 0 Å². The highest BCUT2D eigenvalue weighted by Gasteiger charge is 2.15. The first kappa shape index (κ1) is 15.7. The van der Waals surface area contributed by atoms with Crippen LogP contribution in [0.3, 0.4) is 0 Å². The van der Waals surface area contributed by atoms with E-state index in [1.807, 2.05) is 12.1 Å². The summed E-state index contributed by atoms with van der Waals surface area (Å²) in [6.07, 6.45) is 4.33. The predicted molar refractivity (Wildman–Crippen MR) is 93.3 cm³/mol. The molecule has 1 aliphatic rings. The molecule has 1 fully saturated rings. The van der Waals surface area contributed by atoms with Gasteiger partial charge in [0.1, 0.15) is 5.82 Å². The van der Waals surface area contributed by atoms with Crippen LogP contribution in [-0.2, 0) is 4.74 Å². The second kappa shape index (κ2) is 7.42. The molecule has 5 nitrogen and oxygen atoms in total. The summed E-state index contributed by atoms with van der Waals surface area (Å²) >= 11 is 0. The lowest BCUT2D eigenvalue weighted by atomic mass is 10.0. The van der Waals surface area contributed by atoms with E-state index in [1.54, 1.807) is 6.20 Å². The monoisotopic (exact) mass is 312 g/mol. The van der Waals surface area contributed by atoms with E-state index in [9.17, 15) is 0 Å². The van der Waals surface area contributed by atoms with Gasteiger partial charge in [-0.05, 0) is 36.5 Å². The molecule has 2 heterocycles. The van der Waals surface area contributed by atoms with Gasteiger partial charge in [-0.3, -0.25) is 0 Å². The van der Waals surface area contributed by atoms with Gasteiger partial charge in [-0.2, -0.15) is 4.98 Å². The van der Waals surface area contributed by atoms with Crippen molar-refractivity contribution in [1.29, 1.82) is 0 Å². The fourth-order valence-electron chi connectivity index (χ4n) is 2.78. The van der Waals surface area contributed by atoms with E-state index >= 15 is 0 Å². The molecule has 0 saturated carbocycles. The maximum absolute atomic E-state index is 5.62. The average Bonchev–Trinajstić information content (AvgIpc) is 3.07. The van der Waals surface area contributed by atoms with Crippen molar-refractivity contribution in [2.45, 2.75) is 38.7 Å². The van der Waals surface area contributed by atoms with Crippen molar-refractivity contribution in [1.82, 2.24) is 9.97 Å². The zero-order valence-corrected chi connectivity index (χ0v) is 13.7. The van der Waals surface area contributed by atoms with Gasteiger partial charge in [0.2, 0.25) is 5.95 Å². The highest BCUT2D eigenvalue weighted by molar-refractivity contribution is 5.60. The maximum Gasteiger partial charge on any atom is 0.229 e. The Labute approximate surface area is 137 Å². The minimum Gasteiger partial charge on any atom is -0.376 e. The molecule has 0 spiro atoms. The summed E-state index contributed by atoms with van der Waals surface area (Å²) in [5, 5.41) is 6.66. The van der Waals surface area contributed by atoms with Crippen molar-refractivity contribution in [3.8, 4) is 0 Å². The zero-order valence-electron chi connectivity index (χ0n) is 13.7. The third kappa shape index (κ3) is 4.20. The third-order valence-electron chi connectivity index (χ3n) is 4.02. The van der Waals surface area contributed by atoms with Crippen LogP contribution in [0.25, 0.3) is 0 Å². The molecule has 1 aromatic heterocycles. The molecule has 0 aliphatic carbocycles. The van der Waals surface area contributed by atoms with Crippen molar-refractivity contribution in [2.75, 3.05) is 23.8 Å². The molecule has 1 aliphatic heterocycles. The van der Waals surface area contributed by atoms with Gasteiger partial charge in [0.25, 0.3) is 0 Å². The van der Waals surface area contributed by atoms with Gasteiger partial charge in [0, 0.05) is 25.0 Å². The van der Waals surface area contributed by atoms with Crippen LogP contribution in [0, 0.1) is 0 Å². The standard InChI is InChI=1S/C18H24N4O/c1-13(2)15-7-3-4-8-16(15)21-18-19-10-9-17(22-18)20-12-14-6-5-11-23-14/h3-4,7-10,13-14H,5-6,11-12H2,1-2H3,(H2,19,20,21,22). The number of aromatic nitrogens is 2. The highest BCUT2D eigenvalue weighted by atomic mass is 16.5. The fraction of sp³-hybridized carbons (Fsp3) is 0.444. The predicted octanol–water partition coefficient (Wildman–Crippen LogP) is 3.93. The quantitative estimate of drug-likeness (QED) is 0.846. The lowest BCUT2D eigenvalue weighted by Crippen LogP contribution is -2.19. The number of ether oxygens (including phenoxy) is 1. The Bertz CT molecular complexity index is 638. The summed E-state index contributed by atoms with van der Waals surface area (Å²) < 4.78 is 5.62. The molecule has 122 valence electrons. The molecule has 1 saturated heterocycles. The SMILES string of the molecule is CC(C)c1ccccc1Nc1nccc(NCC2CCCO2)n1. The van der Waals surface area contributed by atoms with Crippen molar-refractivity contribution < 1.29 is 4.74 Å². The number of hydrogen-bond acceptors (Lipinski definition) is 5. The van der Waals surface area contributed by atoms with Crippen molar-refractivity contribution in [3.05, 3.63) is 42.1 Å². The first-order valence-corrected chi connectivity index (χ1v) is 8.27. The zero-order chi connectivity index (χ0) is 16.1. The molecular weight excluding hydrogens is 288 g/mol. The van der Waals surface area contributed by atoms with E-state index < -0.39 is 0 Å². The molecule has 2 N–H and O–H groups in total. The number of rotatable bonds is 6. The molecule has 0 bridgehead atoms. The van der Waals surface area contributed by atoms with Crippen LogP contribution in [0.15, 0.2) is 36.5 Å². The van der Waals surface area contributed by atoms with E-state index in [4.69, 9.17) is 4.74 Å². The molecule has 1 aromatic carbocycles. The topological polar surface area (TPSA) is 59.1 Å². The minimum absolute atomic E-state index is 0.294. The largest absolute Gasteiger partial charge is 0.376 e. The number of nitrogens with one attached hydrogen (secondary N) is 2. The Hall–Kier alpha value is -2.14. The second-order valence-electron chi connectivity index (χ2n) is 6.15. The smallest absolute Gasteiger partial charge is 0.229 e.